The van der Waals surface area contributed by atoms with Gasteiger partial charge < -0.3 is 9.47 Å². The van der Waals surface area contributed by atoms with Gasteiger partial charge in [-0.3, -0.25) is 28.2 Å². The van der Waals surface area contributed by atoms with E-state index in [1.807, 2.05) is 30.3 Å². The van der Waals surface area contributed by atoms with Crippen LogP contribution in [0.2, 0.25) is 10.0 Å². The summed E-state index contributed by atoms with van der Waals surface area (Å²) in [6.07, 6.45) is 1.74. The van der Waals surface area contributed by atoms with E-state index in [0.29, 0.717) is 42.7 Å². The maximum atomic E-state index is 13.3. The first-order chi connectivity index (χ1) is 22.0. The molecule has 0 saturated carbocycles. The Kier molecular flexibility index (Phi) is 8.80. The lowest BCUT2D eigenvalue weighted by Gasteiger charge is -2.14. The Morgan fingerprint density at radius 3 is 2.41 bits per heavy atom. The Labute approximate surface area is 282 Å². The number of thioether (sulfide) groups is 1. The lowest BCUT2D eigenvalue weighted by atomic mass is 10.1. The lowest BCUT2D eigenvalue weighted by molar-refractivity contribution is -0.122. The number of carbonyl (C=O) groups is 1. The molecule has 14 heteroatoms. The minimum atomic E-state index is -0.544. The molecule has 0 N–H and O–H groups in total. The highest BCUT2D eigenvalue weighted by Gasteiger charge is 2.32. The maximum Gasteiger partial charge on any atom is 0.332 e. The first kappa shape index (κ1) is 31.6. The van der Waals surface area contributed by atoms with Gasteiger partial charge in [0.05, 0.1) is 25.1 Å². The molecule has 0 atom stereocenters. The molecule has 0 radical (unpaired) electrons. The molecule has 5 aromatic rings. The Bertz CT molecular complexity index is 2190. The normalized spacial score (nSPS) is 14.1. The number of hydrogen-bond acceptors (Lipinski definition) is 8. The topological polar surface area (TPSA) is 101 Å². The highest BCUT2D eigenvalue weighted by atomic mass is 35.5. The number of amides is 1. The number of thiocarbonyl (C=S) groups is 1. The van der Waals surface area contributed by atoms with Gasteiger partial charge in [0, 0.05) is 24.1 Å². The fourth-order valence-corrected chi connectivity index (χ4v) is 6.71. The van der Waals surface area contributed by atoms with Crippen LogP contribution in [0.3, 0.4) is 0 Å². The molecule has 3 heterocycles. The number of ether oxygens (including phenoxy) is 2. The summed E-state index contributed by atoms with van der Waals surface area (Å²) in [5.41, 5.74) is 1.53. The van der Waals surface area contributed by atoms with Crippen LogP contribution >= 0.6 is 47.2 Å². The first-order valence-corrected chi connectivity index (χ1v) is 15.8. The van der Waals surface area contributed by atoms with Crippen LogP contribution in [0.4, 0.5) is 0 Å². The van der Waals surface area contributed by atoms with E-state index < -0.39 is 11.2 Å². The fourth-order valence-electron chi connectivity index (χ4n) is 4.98. The number of methoxy groups -OCH3 is 1. The second-order valence-electron chi connectivity index (χ2n) is 10.4. The third-order valence-corrected chi connectivity index (χ3v) is 9.37. The summed E-state index contributed by atoms with van der Waals surface area (Å²) in [6.45, 7) is 0.483. The zero-order valence-electron chi connectivity index (χ0n) is 24.7. The number of rotatable bonds is 8. The highest BCUT2D eigenvalue weighted by Crippen LogP contribution is 2.37. The van der Waals surface area contributed by atoms with Crippen molar-refractivity contribution in [2.75, 3.05) is 7.11 Å². The van der Waals surface area contributed by atoms with Gasteiger partial charge in [-0.1, -0.05) is 89.6 Å². The van der Waals surface area contributed by atoms with Gasteiger partial charge in [-0.05, 0) is 47.0 Å². The minimum absolute atomic E-state index is 0.0344. The molecule has 6 rings (SSSR count). The summed E-state index contributed by atoms with van der Waals surface area (Å²) in [7, 11) is 4.41. The smallest absolute Gasteiger partial charge is 0.332 e. The first-order valence-electron chi connectivity index (χ1n) is 13.8. The standard InChI is InChI=1S/C32H25Cl2N5O5S2/c1-36-27-26(29(41)37(2)31(36)42)38(17-20-10-11-21(33)15-22(20)34)30(35-27)44-23-12-9-19(13-24(23)43-3)14-25-28(40)39(32(45)46-25)16-18-7-5-4-6-8-18/h4-15H,16-17H2,1-3H3/b25-14+. The summed E-state index contributed by atoms with van der Waals surface area (Å²) in [5, 5.41) is 0.848. The largest absolute Gasteiger partial charge is 0.493 e. The van der Waals surface area contributed by atoms with Crippen molar-refractivity contribution >= 4 is 74.6 Å². The second kappa shape index (κ2) is 12.8. The fraction of sp³-hybridized carbons (Fsp3) is 0.156. The average Bonchev–Trinajstić information content (AvgIpc) is 3.53. The van der Waals surface area contributed by atoms with Gasteiger partial charge in [-0.2, -0.15) is 4.98 Å². The number of carbonyl (C=O) groups excluding carboxylic acids is 1. The van der Waals surface area contributed by atoms with Crippen molar-refractivity contribution in [3.63, 3.8) is 0 Å². The van der Waals surface area contributed by atoms with Crippen molar-refractivity contribution in [2.45, 2.75) is 13.1 Å². The Hall–Kier alpha value is -4.36. The molecule has 1 saturated heterocycles. The monoisotopic (exact) mass is 693 g/mol. The molecule has 1 aliphatic heterocycles. The van der Waals surface area contributed by atoms with Crippen LogP contribution in [0.5, 0.6) is 17.5 Å². The number of hydrogen-bond donors (Lipinski definition) is 0. The van der Waals surface area contributed by atoms with E-state index in [4.69, 9.17) is 44.9 Å². The predicted octanol–water partition coefficient (Wildman–Crippen LogP) is 5.99. The van der Waals surface area contributed by atoms with Crippen LogP contribution in [0.25, 0.3) is 17.2 Å². The highest BCUT2D eigenvalue weighted by molar-refractivity contribution is 8.26. The van der Waals surface area contributed by atoms with Crippen LogP contribution in [0.1, 0.15) is 16.7 Å². The van der Waals surface area contributed by atoms with E-state index in [-0.39, 0.29) is 35.4 Å². The summed E-state index contributed by atoms with van der Waals surface area (Å²) < 4.78 is 16.2. The minimum Gasteiger partial charge on any atom is -0.493 e. The van der Waals surface area contributed by atoms with Gasteiger partial charge in [0.25, 0.3) is 11.5 Å². The predicted molar refractivity (Wildman–Crippen MR) is 184 cm³/mol. The summed E-state index contributed by atoms with van der Waals surface area (Å²) in [4.78, 5) is 45.9. The Morgan fingerprint density at radius 2 is 1.70 bits per heavy atom. The number of nitrogens with zero attached hydrogens (tertiary/aromatic N) is 5. The molecule has 0 spiro atoms. The lowest BCUT2D eigenvalue weighted by Crippen LogP contribution is -2.37. The van der Waals surface area contributed by atoms with Gasteiger partial charge in [-0.15, -0.1) is 0 Å². The van der Waals surface area contributed by atoms with Crippen LogP contribution < -0.4 is 20.7 Å². The third kappa shape index (κ3) is 5.96. The zero-order chi connectivity index (χ0) is 32.7. The molecule has 2 aromatic heterocycles. The van der Waals surface area contributed by atoms with Gasteiger partial charge >= 0.3 is 11.7 Å². The molecule has 0 unspecified atom stereocenters. The van der Waals surface area contributed by atoms with Crippen LogP contribution in [0, 0.1) is 0 Å². The van der Waals surface area contributed by atoms with Crippen LogP contribution in [-0.2, 0) is 32.0 Å². The van der Waals surface area contributed by atoms with E-state index in [9.17, 15) is 14.4 Å². The van der Waals surface area contributed by atoms with E-state index in [1.54, 1.807) is 51.9 Å². The molecule has 10 nitrogen and oxygen atoms in total. The molecule has 3 aromatic carbocycles. The molecule has 1 fully saturated rings. The summed E-state index contributed by atoms with van der Waals surface area (Å²) >= 11 is 19.3. The van der Waals surface area contributed by atoms with Gasteiger partial charge in [0.2, 0.25) is 0 Å². The number of benzene rings is 3. The molecule has 0 aliphatic carbocycles. The molecule has 234 valence electrons. The molecule has 1 aliphatic rings. The average molecular weight is 695 g/mol. The van der Waals surface area contributed by atoms with Crippen molar-refractivity contribution in [1.29, 1.82) is 0 Å². The number of imidazole rings is 1. The molecule has 0 bridgehead atoms. The van der Waals surface area contributed by atoms with Crippen molar-refractivity contribution in [3.8, 4) is 17.5 Å². The maximum absolute atomic E-state index is 13.3. The second-order valence-corrected chi connectivity index (χ2v) is 12.9. The van der Waals surface area contributed by atoms with Gasteiger partial charge in [0.1, 0.15) is 4.32 Å². The molecular formula is C32H25Cl2N5O5S2. The van der Waals surface area contributed by atoms with Crippen LogP contribution in [0.15, 0.2) is 81.2 Å². The van der Waals surface area contributed by atoms with E-state index in [1.165, 1.54) is 37.5 Å². The number of halogens is 2. The Morgan fingerprint density at radius 1 is 0.935 bits per heavy atom. The SMILES string of the molecule is COc1cc(/C=C2/SC(=S)N(Cc3ccccc3)C2=O)ccc1Oc1nc2c(c(=O)n(C)c(=O)n2C)n1Cc1ccc(Cl)cc1Cl. The summed E-state index contributed by atoms with van der Waals surface area (Å²) in [5.74, 6) is 0.454. The van der Waals surface area contributed by atoms with Crippen molar-refractivity contribution in [3.05, 3.63) is 119 Å². The van der Waals surface area contributed by atoms with Crippen molar-refractivity contribution in [2.24, 2.45) is 14.1 Å². The zero-order valence-corrected chi connectivity index (χ0v) is 27.8. The van der Waals surface area contributed by atoms with Gasteiger partial charge in [0.15, 0.2) is 22.7 Å². The van der Waals surface area contributed by atoms with Crippen molar-refractivity contribution < 1.29 is 14.3 Å². The van der Waals surface area contributed by atoms with Gasteiger partial charge in [-0.25, -0.2) is 4.79 Å². The van der Waals surface area contributed by atoms with Crippen LogP contribution in [-0.4, -0.2) is 40.9 Å². The Balaban J connectivity index is 1.36. The summed E-state index contributed by atoms with van der Waals surface area (Å²) in [6, 6.07) is 19.9. The molecule has 1 amide bonds. The molecular weight excluding hydrogens is 669 g/mol. The van der Waals surface area contributed by atoms with E-state index >= 15 is 0 Å². The quantitative estimate of drug-likeness (QED) is 0.144. The number of fused-ring (bicyclic) bond motifs is 1. The number of aryl methyl sites for hydroxylation is 1. The van der Waals surface area contributed by atoms with E-state index in [0.717, 1.165) is 10.1 Å². The third-order valence-electron chi connectivity index (χ3n) is 7.40. The van der Waals surface area contributed by atoms with E-state index in [2.05, 4.69) is 4.98 Å². The molecule has 46 heavy (non-hydrogen) atoms. The number of aromatic nitrogens is 4. The van der Waals surface area contributed by atoms with Crippen molar-refractivity contribution in [1.82, 2.24) is 23.6 Å².